The molecule has 11 nitrogen and oxygen atoms in total. The normalized spacial score (nSPS) is 14.5. The molecule has 0 saturated carbocycles. The maximum absolute atomic E-state index is 12.6. The van der Waals surface area contributed by atoms with Crippen LogP contribution >= 0.6 is 12.6 Å². The third-order valence-corrected chi connectivity index (χ3v) is 5.06. The third kappa shape index (κ3) is 9.49. The highest BCUT2D eigenvalue weighted by atomic mass is 32.1. The van der Waals surface area contributed by atoms with E-state index in [1.165, 1.54) is 0 Å². The van der Waals surface area contributed by atoms with E-state index in [1.54, 1.807) is 38.1 Å². The highest BCUT2D eigenvalue weighted by Gasteiger charge is 2.32. The molecule has 33 heavy (non-hydrogen) atoms. The van der Waals surface area contributed by atoms with Crippen LogP contribution in [0, 0.1) is 5.92 Å². The number of hydrogen-bond donors (Lipinski definition) is 7. The molecule has 0 aliphatic rings. The van der Waals surface area contributed by atoms with Crippen LogP contribution in [-0.4, -0.2) is 69.8 Å². The molecule has 0 spiro atoms. The second-order valence-corrected chi connectivity index (χ2v) is 8.13. The fourth-order valence-electron chi connectivity index (χ4n) is 2.86. The van der Waals surface area contributed by atoms with Gasteiger partial charge >= 0.3 is 11.9 Å². The summed E-state index contributed by atoms with van der Waals surface area (Å²) in [5.74, 6) is -5.78. The van der Waals surface area contributed by atoms with Gasteiger partial charge in [-0.2, -0.15) is 12.6 Å². The fraction of sp³-hybridized carbons (Fsp3) is 0.476. The number of aliphatic carboxylic acids is 2. The Balaban J connectivity index is 2.84. The van der Waals surface area contributed by atoms with Crippen molar-refractivity contribution in [1.82, 2.24) is 16.0 Å². The molecule has 0 aliphatic carbocycles. The van der Waals surface area contributed by atoms with Crippen LogP contribution in [0.25, 0.3) is 0 Å². The Morgan fingerprint density at radius 2 is 1.45 bits per heavy atom. The standard InChI is InChI=1S/C21H30N4O7S/c1-11(2)17(21(31)32)25-19(29)14(9-16(26)27)23-20(30)15(10-33)24-18(28)13(22)8-12-6-4-3-5-7-12/h3-7,11,13-15,17,33H,8-10,22H2,1-2H3,(H,23,30)(H,24,28)(H,25,29)(H,26,27)(H,31,32). The van der Waals surface area contributed by atoms with Gasteiger partial charge in [-0.1, -0.05) is 44.2 Å². The number of rotatable bonds is 13. The zero-order chi connectivity index (χ0) is 25.1. The minimum atomic E-state index is -1.56. The maximum atomic E-state index is 12.6. The van der Waals surface area contributed by atoms with Gasteiger partial charge in [-0.25, -0.2) is 4.79 Å². The van der Waals surface area contributed by atoms with E-state index in [-0.39, 0.29) is 12.2 Å². The summed E-state index contributed by atoms with van der Waals surface area (Å²) in [6.07, 6.45) is -0.563. The molecule has 7 N–H and O–H groups in total. The molecule has 0 saturated heterocycles. The number of nitrogens with two attached hydrogens (primary N) is 1. The Bertz CT molecular complexity index is 850. The molecule has 1 rings (SSSR count). The van der Waals surface area contributed by atoms with Crippen molar-refractivity contribution in [3.05, 3.63) is 35.9 Å². The molecule has 1 aromatic carbocycles. The third-order valence-electron chi connectivity index (χ3n) is 4.69. The van der Waals surface area contributed by atoms with Gasteiger partial charge in [0.1, 0.15) is 18.1 Å². The number of carboxylic acid groups (broad SMARTS) is 2. The predicted octanol–water partition coefficient (Wildman–Crippen LogP) is -0.844. The van der Waals surface area contributed by atoms with Gasteiger partial charge in [-0.05, 0) is 17.9 Å². The number of amides is 3. The number of hydrogen-bond acceptors (Lipinski definition) is 7. The second-order valence-electron chi connectivity index (χ2n) is 7.77. The lowest BCUT2D eigenvalue weighted by atomic mass is 10.0. The molecule has 4 atom stereocenters. The molecule has 0 fully saturated rings. The number of carbonyl (C=O) groups is 5. The SMILES string of the molecule is CC(C)C(NC(=O)C(CC(=O)O)NC(=O)C(CS)NC(=O)C(N)Cc1ccccc1)C(=O)O. The zero-order valence-corrected chi connectivity index (χ0v) is 19.2. The predicted molar refractivity (Wildman–Crippen MR) is 122 cm³/mol. The van der Waals surface area contributed by atoms with Gasteiger partial charge in [0.15, 0.2) is 0 Å². The molecule has 0 heterocycles. The summed E-state index contributed by atoms with van der Waals surface area (Å²) < 4.78 is 0. The second kappa shape index (κ2) is 13.4. The lowest BCUT2D eigenvalue weighted by molar-refractivity contribution is -0.144. The average Bonchev–Trinajstić information content (AvgIpc) is 2.74. The van der Waals surface area contributed by atoms with Crippen molar-refractivity contribution < 1.29 is 34.2 Å². The first-order chi connectivity index (χ1) is 15.5. The van der Waals surface area contributed by atoms with Gasteiger partial charge in [0.25, 0.3) is 0 Å². The largest absolute Gasteiger partial charge is 0.481 e. The minimum absolute atomic E-state index is 0.152. The van der Waals surface area contributed by atoms with E-state index in [0.29, 0.717) is 0 Å². The summed E-state index contributed by atoms with van der Waals surface area (Å²) in [6, 6.07) is 4.02. The van der Waals surface area contributed by atoms with Crippen LogP contribution in [0.4, 0.5) is 0 Å². The van der Waals surface area contributed by atoms with E-state index in [2.05, 4.69) is 28.6 Å². The lowest BCUT2D eigenvalue weighted by Gasteiger charge is -2.24. The van der Waals surface area contributed by atoms with Crippen molar-refractivity contribution in [1.29, 1.82) is 0 Å². The van der Waals surface area contributed by atoms with Crippen LogP contribution in [0.5, 0.6) is 0 Å². The van der Waals surface area contributed by atoms with Gasteiger partial charge < -0.3 is 31.9 Å². The molecule has 1 aromatic rings. The van der Waals surface area contributed by atoms with Crippen molar-refractivity contribution in [2.75, 3.05) is 5.75 Å². The molecule has 0 bridgehead atoms. The molecule has 182 valence electrons. The maximum Gasteiger partial charge on any atom is 0.326 e. The van der Waals surface area contributed by atoms with Crippen molar-refractivity contribution in [2.45, 2.75) is 50.9 Å². The first-order valence-corrected chi connectivity index (χ1v) is 10.9. The summed E-state index contributed by atoms with van der Waals surface area (Å²) >= 11 is 4.04. The smallest absolute Gasteiger partial charge is 0.326 e. The van der Waals surface area contributed by atoms with Crippen LogP contribution in [-0.2, 0) is 30.4 Å². The van der Waals surface area contributed by atoms with E-state index in [1.807, 2.05) is 6.07 Å². The van der Waals surface area contributed by atoms with Crippen LogP contribution in [0.2, 0.25) is 0 Å². The molecule has 3 amide bonds. The van der Waals surface area contributed by atoms with Gasteiger partial charge in [0, 0.05) is 5.75 Å². The Morgan fingerprint density at radius 3 is 1.94 bits per heavy atom. The van der Waals surface area contributed by atoms with Crippen molar-refractivity contribution in [3.8, 4) is 0 Å². The van der Waals surface area contributed by atoms with Crippen molar-refractivity contribution in [3.63, 3.8) is 0 Å². The summed E-state index contributed by atoms with van der Waals surface area (Å²) in [5, 5.41) is 25.2. The Kier molecular flexibility index (Phi) is 11.4. The number of benzene rings is 1. The average molecular weight is 483 g/mol. The highest BCUT2D eigenvalue weighted by Crippen LogP contribution is 2.05. The molecule has 4 unspecified atom stereocenters. The highest BCUT2D eigenvalue weighted by molar-refractivity contribution is 7.80. The lowest BCUT2D eigenvalue weighted by Crippen LogP contribution is -2.58. The summed E-state index contributed by atoms with van der Waals surface area (Å²) in [5.41, 5.74) is 6.74. The molecule has 0 aromatic heterocycles. The van der Waals surface area contributed by atoms with Crippen molar-refractivity contribution >= 4 is 42.3 Å². The summed E-state index contributed by atoms with van der Waals surface area (Å²) in [7, 11) is 0. The molecule has 0 aliphatic heterocycles. The number of nitrogens with one attached hydrogen (secondary N) is 3. The van der Waals surface area contributed by atoms with E-state index in [0.717, 1.165) is 5.56 Å². The molecule has 12 heteroatoms. The Morgan fingerprint density at radius 1 is 0.909 bits per heavy atom. The Labute approximate surface area is 196 Å². The van der Waals surface area contributed by atoms with Crippen LogP contribution in [0.1, 0.15) is 25.8 Å². The monoisotopic (exact) mass is 482 g/mol. The molecular weight excluding hydrogens is 452 g/mol. The van der Waals surface area contributed by atoms with Gasteiger partial charge in [-0.15, -0.1) is 0 Å². The van der Waals surface area contributed by atoms with Gasteiger partial charge in [-0.3, -0.25) is 19.2 Å². The zero-order valence-electron chi connectivity index (χ0n) is 18.4. The summed E-state index contributed by atoms with van der Waals surface area (Å²) in [4.78, 5) is 60.1. The van der Waals surface area contributed by atoms with Gasteiger partial charge in [0.2, 0.25) is 17.7 Å². The minimum Gasteiger partial charge on any atom is -0.481 e. The van der Waals surface area contributed by atoms with E-state index in [9.17, 15) is 29.1 Å². The Hall–Kier alpha value is -3.12. The van der Waals surface area contributed by atoms with Crippen molar-refractivity contribution in [2.24, 2.45) is 11.7 Å². The van der Waals surface area contributed by atoms with Crippen LogP contribution in [0.3, 0.4) is 0 Å². The summed E-state index contributed by atoms with van der Waals surface area (Å²) in [6.45, 7) is 3.13. The number of carboxylic acids is 2. The van der Waals surface area contributed by atoms with Gasteiger partial charge in [0.05, 0.1) is 12.5 Å². The number of thiol groups is 1. The van der Waals surface area contributed by atoms with Crippen LogP contribution in [0.15, 0.2) is 30.3 Å². The topological polar surface area (TPSA) is 188 Å². The molecular formula is C21H30N4O7S. The van der Waals surface area contributed by atoms with E-state index >= 15 is 0 Å². The number of carbonyl (C=O) groups excluding carboxylic acids is 3. The first-order valence-electron chi connectivity index (χ1n) is 10.2. The van der Waals surface area contributed by atoms with E-state index in [4.69, 9.17) is 10.8 Å². The fourth-order valence-corrected chi connectivity index (χ4v) is 3.11. The first kappa shape index (κ1) is 27.9. The quantitative estimate of drug-likeness (QED) is 0.177. The van der Waals surface area contributed by atoms with E-state index < -0.39 is 66.2 Å². The molecule has 0 radical (unpaired) electrons. The van der Waals surface area contributed by atoms with Crippen LogP contribution < -0.4 is 21.7 Å².